The van der Waals surface area contributed by atoms with E-state index in [0.29, 0.717) is 0 Å². The van der Waals surface area contributed by atoms with Gasteiger partial charge in [-0.05, 0) is 55.2 Å². The van der Waals surface area contributed by atoms with Crippen LogP contribution in [0, 0.1) is 6.92 Å². The van der Waals surface area contributed by atoms with Gasteiger partial charge in [0, 0.05) is 11.3 Å². The van der Waals surface area contributed by atoms with Crippen molar-refractivity contribution in [2.24, 2.45) is 0 Å². The summed E-state index contributed by atoms with van der Waals surface area (Å²) in [6.07, 6.45) is 3.48. The summed E-state index contributed by atoms with van der Waals surface area (Å²) in [6.45, 7) is 4.23. The number of nitrogens with zero attached hydrogens (tertiary/aromatic N) is 4. The highest BCUT2D eigenvalue weighted by Gasteiger charge is 2.37. The van der Waals surface area contributed by atoms with Crippen molar-refractivity contribution in [1.29, 1.82) is 0 Å². The quantitative estimate of drug-likeness (QED) is 0.820. The smallest absolute Gasteiger partial charge is 0.184 e. The molecule has 2 N–H and O–H groups in total. The molecule has 1 saturated carbocycles. The Labute approximate surface area is 106 Å². The summed E-state index contributed by atoms with van der Waals surface area (Å²) < 4.78 is 1.94. The van der Waals surface area contributed by atoms with E-state index in [1.165, 1.54) is 6.42 Å². The first-order chi connectivity index (χ1) is 8.62. The van der Waals surface area contributed by atoms with Gasteiger partial charge in [0.25, 0.3) is 0 Å². The van der Waals surface area contributed by atoms with Crippen LogP contribution < -0.4 is 5.73 Å². The third-order valence-corrected chi connectivity index (χ3v) is 3.94. The number of nitrogens with two attached hydrogens (primary N) is 1. The van der Waals surface area contributed by atoms with Crippen molar-refractivity contribution in [3.8, 4) is 11.4 Å². The summed E-state index contributed by atoms with van der Waals surface area (Å²) in [6, 6.07) is 5.88. The van der Waals surface area contributed by atoms with Crippen LogP contribution in [-0.4, -0.2) is 20.2 Å². The standard InChI is InChI=1S/C13H17N5/c1-9-5-3-6-10(14)11(9)12-15-16-17-18(12)13(2)7-4-8-13/h3,5-6H,4,7-8,14H2,1-2H3. The summed E-state index contributed by atoms with van der Waals surface area (Å²) in [5, 5.41) is 12.2. The number of tetrazole rings is 1. The Morgan fingerprint density at radius 1 is 1.33 bits per heavy atom. The number of nitrogen functional groups attached to an aromatic ring is 1. The molecule has 0 bridgehead atoms. The molecule has 1 aromatic carbocycles. The van der Waals surface area contributed by atoms with E-state index >= 15 is 0 Å². The second-order valence-corrected chi connectivity index (χ2v) is 5.30. The molecule has 5 nitrogen and oxygen atoms in total. The Morgan fingerprint density at radius 3 is 2.72 bits per heavy atom. The Balaban J connectivity index is 2.16. The Kier molecular flexibility index (Phi) is 2.36. The molecule has 0 aliphatic heterocycles. The minimum atomic E-state index is 0.0492. The molecule has 1 fully saturated rings. The minimum absolute atomic E-state index is 0.0492. The number of aryl methyl sites for hydroxylation is 1. The molecular formula is C13H17N5. The zero-order valence-electron chi connectivity index (χ0n) is 10.7. The van der Waals surface area contributed by atoms with Gasteiger partial charge in [-0.1, -0.05) is 12.1 Å². The number of rotatable bonds is 2. The van der Waals surface area contributed by atoms with Crippen LogP contribution in [0.5, 0.6) is 0 Å². The molecule has 0 atom stereocenters. The molecule has 94 valence electrons. The lowest BCUT2D eigenvalue weighted by Gasteiger charge is -2.38. The molecule has 0 saturated heterocycles. The van der Waals surface area contributed by atoms with Gasteiger partial charge in [-0.3, -0.25) is 0 Å². The monoisotopic (exact) mass is 243 g/mol. The maximum atomic E-state index is 6.08. The van der Waals surface area contributed by atoms with Gasteiger partial charge in [-0.25, -0.2) is 4.68 Å². The molecule has 0 spiro atoms. The maximum Gasteiger partial charge on any atom is 0.184 e. The van der Waals surface area contributed by atoms with Crippen molar-refractivity contribution in [1.82, 2.24) is 20.2 Å². The predicted octanol–water partition coefficient (Wildman–Crippen LogP) is 2.13. The topological polar surface area (TPSA) is 69.6 Å². The van der Waals surface area contributed by atoms with E-state index in [0.717, 1.165) is 35.5 Å². The SMILES string of the molecule is Cc1cccc(N)c1-c1nnnn1C1(C)CCC1. The van der Waals surface area contributed by atoms with Crippen LogP contribution in [0.15, 0.2) is 18.2 Å². The fourth-order valence-corrected chi connectivity index (χ4v) is 2.60. The van der Waals surface area contributed by atoms with E-state index in [4.69, 9.17) is 5.73 Å². The minimum Gasteiger partial charge on any atom is -0.398 e. The normalized spacial score (nSPS) is 17.4. The van der Waals surface area contributed by atoms with E-state index in [1.807, 2.05) is 29.8 Å². The summed E-state index contributed by atoms with van der Waals surface area (Å²) in [5.41, 5.74) is 8.91. The van der Waals surface area contributed by atoms with Crippen molar-refractivity contribution in [3.63, 3.8) is 0 Å². The first-order valence-corrected chi connectivity index (χ1v) is 6.26. The average Bonchev–Trinajstić information content (AvgIpc) is 2.75. The third-order valence-electron chi connectivity index (χ3n) is 3.94. The van der Waals surface area contributed by atoms with Crippen LogP contribution >= 0.6 is 0 Å². The molecule has 2 aromatic rings. The first-order valence-electron chi connectivity index (χ1n) is 6.26. The van der Waals surface area contributed by atoms with Gasteiger partial charge >= 0.3 is 0 Å². The number of benzene rings is 1. The van der Waals surface area contributed by atoms with E-state index in [-0.39, 0.29) is 5.54 Å². The number of hydrogen-bond donors (Lipinski definition) is 1. The van der Waals surface area contributed by atoms with E-state index in [9.17, 15) is 0 Å². The molecule has 5 heteroatoms. The molecule has 0 unspecified atom stereocenters. The average molecular weight is 243 g/mol. The molecule has 1 aliphatic carbocycles. The molecule has 3 rings (SSSR count). The van der Waals surface area contributed by atoms with Gasteiger partial charge in [0.05, 0.1) is 5.54 Å². The Hall–Kier alpha value is -1.91. The fraction of sp³-hybridized carbons (Fsp3) is 0.462. The van der Waals surface area contributed by atoms with Crippen LogP contribution in [0.4, 0.5) is 5.69 Å². The maximum absolute atomic E-state index is 6.08. The predicted molar refractivity (Wildman–Crippen MR) is 69.9 cm³/mol. The number of anilines is 1. The van der Waals surface area contributed by atoms with Gasteiger partial charge in [0.15, 0.2) is 5.82 Å². The van der Waals surface area contributed by atoms with Gasteiger partial charge in [0.1, 0.15) is 0 Å². The van der Waals surface area contributed by atoms with Gasteiger partial charge in [0.2, 0.25) is 0 Å². The van der Waals surface area contributed by atoms with Crippen molar-refractivity contribution < 1.29 is 0 Å². The largest absolute Gasteiger partial charge is 0.398 e. The molecule has 1 aromatic heterocycles. The van der Waals surface area contributed by atoms with Crippen molar-refractivity contribution in [3.05, 3.63) is 23.8 Å². The summed E-state index contributed by atoms with van der Waals surface area (Å²) in [5.74, 6) is 0.785. The molecular weight excluding hydrogens is 226 g/mol. The van der Waals surface area contributed by atoms with Crippen LogP contribution in [0.25, 0.3) is 11.4 Å². The fourth-order valence-electron chi connectivity index (χ4n) is 2.60. The zero-order chi connectivity index (χ0) is 12.8. The lowest BCUT2D eigenvalue weighted by atomic mass is 9.78. The van der Waals surface area contributed by atoms with Crippen LogP contribution in [0.2, 0.25) is 0 Å². The van der Waals surface area contributed by atoms with E-state index in [1.54, 1.807) is 0 Å². The van der Waals surface area contributed by atoms with Gasteiger partial charge in [-0.2, -0.15) is 0 Å². The lowest BCUT2D eigenvalue weighted by molar-refractivity contribution is 0.148. The highest BCUT2D eigenvalue weighted by molar-refractivity contribution is 5.74. The van der Waals surface area contributed by atoms with E-state index in [2.05, 4.69) is 22.4 Å². The van der Waals surface area contributed by atoms with Crippen LogP contribution in [0.3, 0.4) is 0 Å². The number of hydrogen-bond acceptors (Lipinski definition) is 4. The molecule has 0 radical (unpaired) electrons. The Bertz CT molecular complexity index is 563. The molecule has 1 heterocycles. The highest BCUT2D eigenvalue weighted by atomic mass is 15.6. The van der Waals surface area contributed by atoms with Crippen LogP contribution in [0.1, 0.15) is 31.7 Å². The van der Waals surface area contributed by atoms with Crippen molar-refractivity contribution >= 4 is 5.69 Å². The summed E-state index contributed by atoms with van der Waals surface area (Å²) >= 11 is 0. The van der Waals surface area contributed by atoms with Crippen molar-refractivity contribution in [2.45, 2.75) is 38.6 Å². The van der Waals surface area contributed by atoms with Gasteiger partial charge < -0.3 is 5.73 Å². The summed E-state index contributed by atoms with van der Waals surface area (Å²) in [4.78, 5) is 0. The molecule has 18 heavy (non-hydrogen) atoms. The third kappa shape index (κ3) is 1.50. The molecule has 1 aliphatic rings. The summed E-state index contributed by atoms with van der Waals surface area (Å²) in [7, 11) is 0. The lowest BCUT2D eigenvalue weighted by Crippen LogP contribution is -2.38. The van der Waals surface area contributed by atoms with Crippen LogP contribution in [-0.2, 0) is 5.54 Å². The van der Waals surface area contributed by atoms with Crippen molar-refractivity contribution in [2.75, 3.05) is 5.73 Å². The zero-order valence-corrected chi connectivity index (χ0v) is 10.7. The van der Waals surface area contributed by atoms with E-state index < -0.39 is 0 Å². The second-order valence-electron chi connectivity index (χ2n) is 5.30. The van der Waals surface area contributed by atoms with Gasteiger partial charge in [-0.15, -0.1) is 5.10 Å². The first kappa shape index (κ1) is 11.2. The molecule has 0 amide bonds. The number of aromatic nitrogens is 4. The Morgan fingerprint density at radius 2 is 2.11 bits per heavy atom. The highest BCUT2D eigenvalue weighted by Crippen LogP contribution is 2.41. The second kappa shape index (κ2) is 3.80.